The van der Waals surface area contributed by atoms with Gasteiger partial charge in [0.2, 0.25) is 0 Å². The van der Waals surface area contributed by atoms with E-state index in [1.807, 2.05) is 18.7 Å². The van der Waals surface area contributed by atoms with Gasteiger partial charge in [-0.1, -0.05) is 49.9 Å². The Morgan fingerprint density at radius 1 is 1.08 bits per heavy atom. The van der Waals surface area contributed by atoms with Crippen LogP contribution in [-0.4, -0.2) is 35.8 Å². The quantitative estimate of drug-likeness (QED) is 0.164. The van der Waals surface area contributed by atoms with E-state index in [9.17, 15) is 17.6 Å². The van der Waals surface area contributed by atoms with E-state index in [1.54, 1.807) is 36.4 Å². The zero-order chi connectivity index (χ0) is 28.6. The van der Waals surface area contributed by atoms with Crippen LogP contribution >= 0.6 is 11.8 Å². The van der Waals surface area contributed by atoms with Gasteiger partial charge in [-0.25, -0.2) is 14.4 Å². The van der Waals surface area contributed by atoms with Crippen molar-refractivity contribution in [2.75, 3.05) is 10.8 Å². The Kier molecular flexibility index (Phi) is 9.83. The van der Waals surface area contributed by atoms with Crippen molar-refractivity contribution in [1.29, 1.82) is 10.8 Å². The number of nitrogens with one attached hydrogen (secondary N) is 2. The van der Waals surface area contributed by atoms with Gasteiger partial charge in [-0.15, -0.1) is 13.2 Å². The van der Waals surface area contributed by atoms with Gasteiger partial charge in [0.05, 0.1) is 11.6 Å². The average Bonchev–Trinajstić information content (AvgIpc) is 2.89. The van der Waals surface area contributed by atoms with Crippen LogP contribution in [0.5, 0.6) is 5.75 Å². The molecule has 204 valence electrons. The number of aliphatic imine (C=N–C) groups is 2. The van der Waals surface area contributed by atoms with Crippen LogP contribution in [0.3, 0.4) is 0 Å². The third-order valence-electron chi connectivity index (χ3n) is 5.32. The highest BCUT2D eigenvalue weighted by Gasteiger charge is 2.31. The summed E-state index contributed by atoms with van der Waals surface area (Å²) in [4.78, 5) is 9.84. The molecule has 0 saturated carbocycles. The molecule has 0 bridgehead atoms. The van der Waals surface area contributed by atoms with Crippen LogP contribution < -0.4 is 15.4 Å². The summed E-state index contributed by atoms with van der Waals surface area (Å²) in [6.07, 6.45) is -2.30. The fraction of sp³-hybridized carbons (Fsp3) is 0.185. The van der Waals surface area contributed by atoms with Gasteiger partial charge in [0.15, 0.2) is 5.17 Å². The van der Waals surface area contributed by atoms with Crippen LogP contribution in [0.15, 0.2) is 76.7 Å². The van der Waals surface area contributed by atoms with E-state index in [0.717, 1.165) is 34.8 Å². The molecule has 4 N–H and O–H groups in total. The summed E-state index contributed by atoms with van der Waals surface area (Å²) in [7, 11) is 0. The zero-order valence-electron chi connectivity index (χ0n) is 21.0. The molecule has 0 unspecified atom stereocenters. The number of anilines is 1. The van der Waals surface area contributed by atoms with Crippen molar-refractivity contribution >= 4 is 46.7 Å². The molecule has 3 aromatic carbocycles. The largest absolute Gasteiger partial charge is 0.573 e. The van der Waals surface area contributed by atoms with Crippen molar-refractivity contribution < 1.29 is 22.3 Å². The fourth-order valence-electron chi connectivity index (χ4n) is 3.32. The van der Waals surface area contributed by atoms with E-state index in [4.69, 9.17) is 16.6 Å². The van der Waals surface area contributed by atoms with Gasteiger partial charge in [-0.05, 0) is 59.5 Å². The predicted octanol–water partition coefficient (Wildman–Crippen LogP) is 7.04. The minimum absolute atomic E-state index is 0.206. The van der Waals surface area contributed by atoms with E-state index in [1.165, 1.54) is 42.5 Å². The molecule has 0 radical (unpaired) electrons. The van der Waals surface area contributed by atoms with E-state index in [-0.39, 0.29) is 23.3 Å². The smallest absolute Gasteiger partial charge is 0.406 e. The molecule has 0 spiro atoms. The lowest BCUT2D eigenvalue weighted by Crippen LogP contribution is -2.38. The molecule has 7 nitrogen and oxygen atoms in total. The number of hydrogen-bond acceptors (Lipinski definition) is 5. The first-order valence-electron chi connectivity index (χ1n) is 11.6. The maximum Gasteiger partial charge on any atom is 0.573 e. The van der Waals surface area contributed by atoms with Gasteiger partial charge in [0.1, 0.15) is 23.7 Å². The van der Waals surface area contributed by atoms with Crippen LogP contribution in [0.25, 0.3) is 0 Å². The first-order valence-corrected chi connectivity index (χ1v) is 12.6. The number of alkyl halides is 3. The lowest BCUT2D eigenvalue weighted by molar-refractivity contribution is -0.274. The minimum Gasteiger partial charge on any atom is -0.406 e. The SMILES string of the molecule is CC(C)c1cc(F)ccc1N1CSC1=N.N=Cc1ccc(C(N)=NC=Nc2ccc(OC(F)(F)F)cc2)cc1. The van der Waals surface area contributed by atoms with Crippen LogP contribution in [0.2, 0.25) is 0 Å². The molecule has 12 heteroatoms. The topological polar surface area (TPSA) is 111 Å². The number of ether oxygens (including phenoxy) is 1. The molecule has 39 heavy (non-hydrogen) atoms. The molecule has 3 aromatic rings. The molecule has 1 heterocycles. The highest BCUT2D eigenvalue weighted by Crippen LogP contribution is 2.35. The summed E-state index contributed by atoms with van der Waals surface area (Å²) in [5, 5.41) is 15.3. The number of benzene rings is 3. The molecule has 0 aliphatic carbocycles. The second-order valence-electron chi connectivity index (χ2n) is 8.43. The molecular weight excluding hydrogens is 532 g/mol. The summed E-state index contributed by atoms with van der Waals surface area (Å²) < 4.78 is 53.0. The number of hydrogen-bond donors (Lipinski definition) is 3. The summed E-state index contributed by atoms with van der Waals surface area (Å²) in [6.45, 7) is 4.07. The summed E-state index contributed by atoms with van der Waals surface area (Å²) in [6, 6.07) is 16.7. The van der Waals surface area contributed by atoms with E-state index < -0.39 is 6.36 Å². The molecule has 1 saturated heterocycles. The first-order chi connectivity index (χ1) is 18.5. The molecule has 4 rings (SSSR count). The van der Waals surface area contributed by atoms with E-state index in [0.29, 0.717) is 16.4 Å². The van der Waals surface area contributed by atoms with Crippen LogP contribution in [-0.2, 0) is 0 Å². The normalized spacial score (nSPS) is 13.7. The molecular formula is C27H26F4N6OS. The van der Waals surface area contributed by atoms with Crippen molar-refractivity contribution in [2.45, 2.75) is 26.1 Å². The molecule has 0 atom stereocenters. The number of rotatable bonds is 7. The van der Waals surface area contributed by atoms with E-state index >= 15 is 0 Å². The number of halogens is 4. The first kappa shape index (κ1) is 29.4. The Morgan fingerprint density at radius 3 is 2.26 bits per heavy atom. The Bertz CT molecular complexity index is 1360. The van der Waals surface area contributed by atoms with Crippen LogP contribution in [0, 0.1) is 16.6 Å². The lowest BCUT2D eigenvalue weighted by Gasteiger charge is -2.34. The summed E-state index contributed by atoms with van der Waals surface area (Å²) >= 11 is 1.50. The Hall–Kier alpha value is -4.19. The maximum atomic E-state index is 13.1. The van der Waals surface area contributed by atoms with Gasteiger partial charge >= 0.3 is 6.36 Å². The standard InChI is InChI=1S/C16H13F3N4O.C11H13FN2S/c17-16(18,19)24-14-7-5-13(6-8-14)22-10-23-15(21)12-3-1-11(9-20)2-4-12;1-7(2)9-5-8(12)3-4-10(9)14-6-15-11(14)13/h1-10,20H,(H2,21,22,23);3-5,7,13H,6H2,1-2H3. The predicted molar refractivity (Wildman–Crippen MR) is 149 cm³/mol. The van der Waals surface area contributed by atoms with Crippen molar-refractivity contribution in [3.8, 4) is 5.75 Å². The second kappa shape index (κ2) is 13.1. The van der Waals surface area contributed by atoms with Gasteiger partial charge in [0, 0.05) is 17.5 Å². The Morgan fingerprint density at radius 2 is 1.74 bits per heavy atom. The van der Waals surface area contributed by atoms with Crippen molar-refractivity contribution in [3.05, 3.63) is 89.2 Å². The number of nitrogens with two attached hydrogens (primary N) is 1. The van der Waals surface area contributed by atoms with E-state index in [2.05, 4.69) is 14.7 Å². The summed E-state index contributed by atoms with van der Waals surface area (Å²) in [5.41, 5.74) is 9.55. The second-order valence-corrected chi connectivity index (χ2v) is 9.36. The van der Waals surface area contributed by atoms with Crippen LogP contribution in [0.4, 0.5) is 28.9 Å². The minimum atomic E-state index is -4.73. The highest BCUT2D eigenvalue weighted by atomic mass is 32.2. The Labute approximate surface area is 227 Å². The lowest BCUT2D eigenvalue weighted by atomic mass is 10.0. The molecule has 0 amide bonds. The van der Waals surface area contributed by atoms with Gasteiger partial charge in [-0.3, -0.25) is 5.41 Å². The third-order valence-corrected chi connectivity index (χ3v) is 6.21. The molecule has 1 fully saturated rings. The number of nitrogens with zero attached hydrogens (tertiary/aromatic N) is 3. The van der Waals surface area contributed by atoms with Crippen molar-refractivity contribution in [2.24, 2.45) is 15.7 Å². The molecule has 1 aliphatic heterocycles. The monoisotopic (exact) mass is 558 g/mol. The molecule has 0 aromatic heterocycles. The molecule has 1 aliphatic rings. The van der Waals surface area contributed by atoms with Crippen molar-refractivity contribution in [3.63, 3.8) is 0 Å². The number of thioether (sulfide) groups is 1. The summed E-state index contributed by atoms with van der Waals surface area (Å²) in [5.74, 6) is 0.767. The zero-order valence-corrected chi connectivity index (χ0v) is 21.9. The fourth-order valence-corrected chi connectivity index (χ4v) is 3.95. The van der Waals surface area contributed by atoms with Gasteiger partial charge in [0.25, 0.3) is 0 Å². The maximum absolute atomic E-state index is 13.1. The van der Waals surface area contributed by atoms with Gasteiger partial charge in [-0.2, -0.15) is 0 Å². The van der Waals surface area contributed by atoms with Gasteiger partial charge < -0.3 is 20.8 Å². The van der Waals surface area contributed by atoms with Crippen molar-refractivity contribution in [1.82, 2.24) is 0 Å². The average molecular weight is 559 g/mol. The number of amidine groups is 2. The third kappa shape index (κ3) is 8.67. The Balaban J connectivity index is 0.000000239. The highest BCUT2D eigenvalue weighted by molar-refractivity contribution is 8.16. The van der Waals surface area contributed by atoms with Crippen LogP contribution in [0.1, 0.15) is 36.5 Å².